The highest BCUT2D eigenvalue weighted by atomic mass is 16.5. The molecule has 1 atom stereocenters. The number of carbonyl (C=O) groups is 2. The van der Waals surface area contributed by atoms with Crippen molar-refractivity contribution in [2.24, 2.45) is 0 Å². The molecule has 1 unspecified atom stereocenters. The second-order valence-corrected chi connectivity index (χ2v) is 4.82. The van der Waals surface area contributed by atoms with Gasteiger partial charge in [-0.1, -0.05) is 12.1 Å². The monoisotopic (exact) mass is 252 g/mol. The molecule has 1 aliphatic rings. The molecular formula is C11H16N4O3. The van der Waals surface area contributed by atoms with Crippen LogP contribution in [0.5, 0.6) is 0 Å². The number of aromatic nitrogens is 2. The van der Waals surface area contributed by atoms with E-state index in [1.807, 2.05) is 6.92 Å². The Bertz CT molecular complexity index is 455. The van der Waals surface area contributed by atoms with Crippen LogP contribution in [0.1, 0.15) is 33.0 Å². The van der Waals surface area contributed by atoms with E-state index in [2.05, 4.69) is 20.0 Å². The van der Waals surface area contributed by atoms with E-state index in [0.717, 1.165) is 0 Å². The van der Waals surface area contributed by atoms with Crippen LogP contribution in [0.3, 0.4) is 0 Å². The van der Waals surface area contributed by atoms with Gasteiger partial charge in [-0.05, 0) is 20.3 Å². The normalized spacial score (nSPS) is 23.1. The van der Waals surface area contributed by atoms with Crippen LogP contribution >= 0.6 is 0 Å². The quantitative estimate of drug-likeness (QED) is 0.823. The van der Waals surface area contributed by atoms with Crippen LogP contribution in [0.4, 0.5) is 0 Å². The standard InChI is InChI=1S/C11H16N4O3/c1-4-7-9(16)13-11(2,3)10(17)15(7)5-8-12-6-18-14-8/h6-7H,4-5H2,1-3H3,(H,13,16). The van der Waals surface area contributed by atoms with E-state index in [-0.39, 0.29) is 18.4 Å². The first-order valence-corrected chi connectivity index (χ1v) is 5.84. The Hall–Kier alpha value is -1.92. The van der Waals surface area contributed by atoms with E-state index in [1.54, 1.807) is 13.8 Å². The number of carbonyl (C=O) groups excluding carboxylic acids is 2. The largest absolute Gasteiger partial charge is 0.343 e. The van der Waals surface area contributed by atoms with Gasteiger partial charge in [0.2, 0.25) is 18.2 Å². The third-order valence-electron chi connectivity index (χ3n) is 3.02. The molecule has 1 aromatic rings. The van der Waals surface area contributed by atoms with Gasteiger partial charge in [0.05, 0.1) is 6.54 Å². The molecule has 0 radical (unpaired) electrons. The van der Waals surface area contributed by atoms with Crippen LogP contribution < -0.4 is 5.32 Å². The Balaban J connectivity index is 2.27. The summed E-state index contributed by atoms with van der Waals surface area (Å²) in [5.41, 5.74) is -0.896. The molecule has 1 saturated heterocycles. The minimum Gasteiger partial charge on any atom is -0.343 e. The highest BCUT2D eigenvalue weighted by molar-refractivity contribution is 5.99. The third kappa shape index (κ3) is 2.07. The highest BCUT2D eigenvalue weighted by Crippen LogP contribution is 2.21. The first-order valence-electron chi connectivity index (χ1n) is 5.84. The number of nitrogens with one attached hydrogen (secondary N) is 1. The van der Waals surface area contributed by atoms with Crippen molar-refractivity contribution in [2.75, 3.05) is 0 Å². The molecule has 0 bridgehead atoms. The number of hydrogen-bond acceptors (Lipinski definition) is 5. The lowest BCUT2D eigenvalue weighted by molar-refractivity contribution is -0.154. The Morgan fingerprint density at radius 2 is 2.22 bits per heavy atom. The summed E-state index contributed by atoms with van der Waals surface area (Å²) in [6.07, 6.45) is 1.75. The maximum Gasteiger partial charge on any atom is 0.248 e. The van der Waals surface area contributed by atoms with Gasteiger partial charge in [-0.25, -0.2) is 0 Å². The summed E-state index contributed by atoms with van der Waals surface area (Å²) in [4.78, 5) is 29.7. The van der Waals surface area contributed by atoms with E-state index in [4.69, 9.17) is 0 Å². The number of rotatable bonds is 3. The topological polar surface area (TPSA) is 88.3 Å². The number of amides is 2. The lowest BCUT2D eigenvalue weighted by Crippen LogP contribution is -2.67. The van der Waals surface area contributed by atoms with E-state index < -0.39 is 11.6 Å². The molecule has 18 heavy (non-hydrogen) atoms. The average molecular weight is 252 g/mol. The Kier molecular flexibility index (Phi) is 3.06. The van der Waals surface area contributed by atoms with Crippen molar-refractivity contribution >= 4 is 11.8 Å². The van der Waals surface area contributed by atoms with Gasteiger partial charge in [0.15, 0.2) is 5.82 Å². The average Bonchev–Trinajstić information content (AvgIpc) is 2.78. The Morgan fingerprint density at radius 3 is 2.78 bits per heavy atom. The van der Waals surface area contributed by atoms with Crippen molar-refractivity contribution in [1.29, 1.82) is 0 Å². The zero-order chi connectivity index (χ0) is 13.3. The summed E-state index contributed by atoms with van der Waals surface area (Å²) in [5, 5.41) is 6.40. The zero-order valence-electron chi connectivity index (χ0n) is 10.6. The van der Waals surface area contributed by atoms with Crippen LogP contribution in [0.2, 0.25) is 0 Å². The van der Waals surface area contributed by atoms with Crippen LogP contribution in [-0.2, 0) is 16.1 Å². The van der Waals surface area contributed by atoms with E-state index >= 15 is 0 Å². The van der Waals surface area contributed by atoms with Crippen LogP contribution in [0.25, 0.3) is 0 Å². The SMILES string of the molecule is CCC1C(=O)NC(C)(C)C(=O)N1Cc1ncon1. The molecule has 7 heteroatoms. The molecule has 2 heterocycles. The highest BCUT2D eigenvalue weighted by Gasteiger charge is 2.44. The number of piperazine rings is 1. The first kappa shape index (κ1) is 12.5. The maximum absolute atomic E-state index is 12.3. The van der Waals surface area contributed by atoms with E-state index in [1.165, 1.54) is 11.3 Å². The number of nitrogens with zero attached hydrogens (tertiary/aromatic N) is 3. The lowest BCUT2D eigenvalue weighted by Gasteiger charge is -2.42. The van der Waals surface area contributed by atoms with Gasteiger partial charge in [-0.3, -0.25) is 9.59 Å². The minimum atomic E-state index is -0.896. The molecule has 0 aromatic carbocycles. The zero-order valence-corrected chi connectivity index (χ0v) is 10.6. The first-order chi connectivity index (χ1) is 8.45. The van der Waals surface area contributed by atoms with Gasteiger partial charge in [0.25, 0.3) is 0 Å². The summed E-state index contributed by atoms with van der Waals surface area (Å²) in [6.45, 7) is 5.41. The maximum atomic E-state index is 12.3. The lowest BCUT2D eigenvalue weighted by atomic mass is 9.96. The van der Waals surface area contributed by atoms with Crippen LogP contribution in [0.15, 0.2) is 10.9 Å². The van der Waals surface area contributed by atoms with Crippen molar-refractivity contribution < 1.29 is 14.1 Å². The molecule has 2 amide bonds. The molecule has 0 spiro atoms. The van der Waals surface area contributed by atoms with Gasteiger partial charge in [0.1, 0.15) is 11.6 Å². The van der Waals surface area contributed by atoms with Crippen molar-refractivity contribution in [3.8, 4) is 0 Å². The molecule has 1 fully saturated rings. The molecule has 1 aliphatic heterocycles. The van der Waals surface area contributed by atoms with Crippen LogP contribution in [0, 0.1) is 0 Å². The summed E-state index contributed by atoms with van der Waals surface area (Å²) >= 11 is 0. The molecule has 7 nitrogen and oxygen atoms in total. The smallest absolute Gasteiger partial charge is 0.248 e. The molecular weight excluding hydrogens is 236 g/mol. The van der Waals surface area contributed by atoms with Gasteiger partial charge in [-0.15, -0.1) is 0 Å². The summed E-state index contributed by atoms with van der Waals surface area (Å²) in [6, 6.07) is -0.482. The second kappa shape index (κ2) is 4.40. The van der Waals surface area contributed by atoms with Crippen molar-refractivity contribution in [2.45, 2.75) is 45.3 Å². The Morgan fingerprint density at radius 1 is 1.50 bits per heavy atom. The molecule has 0 aliphatic carbocycles. The van der Waals surface area contributed by atoms with E-state index in [9.17, 15) is 9.59 Å². The van der Waals surface area contributed by atoms with Crippen molar-refractivity contribution in [3.63, 3.8) is 0 Å². The predicted molar refractivity (Wildman–Crippen MR) is 61.1 cm³/mol. The minimum absolute atomic E-state index is 0.140. The predicted octanol–water partition coefficient (Wildman–Crippen LogP) is 0.0852. The molecule has 1 N–H and O–H groups in total. The number of hydrogen-bond donors (Lipinski definition) is 1. The fourth-order valence-electron chi connectivity index (χ4n) is 2.09. The molecule has 1 aromatic heterocycles. The van der Waals surface area contributed by atoms with Crippen molar-refractivity contribution in [3.05, 3.63) is 12.2 Å². The van der Waals surface area contributed by atoms with Crippen LogP contribution in [-0.4, -0.2) is 38.4 Å². The molecule has 0 saturated carbocycles. The third-order valence-corrected chi connectivity index (χ3v) is 3.02. The van der Waals surface area contributed by atoms with Gasteiger partial charge < -0.3 is 14.7 Å². The molecule has 98 valence electrons. The fraction of sp³-hybridized carbons (Fsp3) is 0.636. The van der Waals surface area contributed by atoms with Gasteiger partial charge >= 0.3 is 0 Å². The summed E-state index contributed by atoms with van der Waals surface area (Å²) < 4.78 is 4.64. The summed E-state index contributed by atoms with van der Waals surface area (Å²) in [5.74, 6) is 0.108. The second-order valence-electron chi connectivity index (χ2n) is 4.82. The summed E-state index contributed by atoms with van der Waals surface area (Å²) in [7, 11) is 0. The van der Waals surface area contributed by atoms with Crippen molar-refractivity contribution in [1.82, 2.24) is 20.4 Å². The molecule has 2 rings (SSSR count). The Labute approximate surface area is 105 Å². The van der Waals surface area contributed by atoms with Gasteiger partial charge in [0, 0.05) is 0 Å². The fourth-order valence-corrected chi connectivity index (χ4v) is 2.09. The van der Waals surface area contributed by atoms with E-state index in [0.29, 0.717) is 12.2 Å². The van der Waals surface area contributed by atoms with Gasteiger partial charge in [-0.2, -0.15) is 4.98 Å².